The number of nitrogens with one attached hydrogen (secondary N) is 3. The van der Waals surface area contributed by atoms with E-state index < -0.39 is 10.4 Å². The van der Waals surface area contributed by atoms with Crippen LogP contribution in [0.4, 0.5) is 0 Å². The molecule has 0 bridgehead atoms. The van der Waals surface area contributed by atoms with Crippen LogP contribution in [0.2, 0.25) is 10.0 Å². The Morgan fingerprint density at radius 3 is 1.53 bits per heavy atom. The number of hydrogen-bond donors (Lipinski definition) is 4. The largest absolute Gasteiger partial charge is 0.466 e. The van der Waals surface area contributed by atoms with Crippen LogP contribution in [-0.2, 0) is 39.0 Å². The van der Waals surface area contributed by atoms with Gasteiger partial charge in [-0.25, -0.2) is 5.84 Å². The van der Waals surface area contributed by atoms with E-state index in [0.717, 1.165) is 98.8 Å². The Kier molecular flexibility index (Phi) is 51.2. The number of aromatic nitrogens is 10. The van der Waals surface area contributed by atoms with Gasteiger partial charge in [-0.1, -0.05) is 128 Å². The van der Waals surface area contributed by atoms with Crippen LogP contribution in [0.5, 0.6) is 0 Å². The third-order valence-electron chi connectivity index (χ3n) is 15.0. The number of rotatable bonds is 28. The molecule has 0 atom stereocenters. The third-order valence-corrected chi connectivity index (χ3v) is 17.9. The lowest BCUT2D eigenvalue weighted by Gasteiger charge is -2.11. The van der Waals surface area contributed by atoms with Crippen LogP contribution in [0, 0.1) is 28.4 Å². The van der Waals surface area contributed by atoms with Gasteiger partial charge in [-0.15, -0.1) is 55.2 Å². The first-order valence-electron chi connectivity index (χ1n) is 33.3. The molecule has 1 aliphatic rings. The van der Waals surface area contributed by atoms with Crippen LogP contribution in [0.25, 0.3) is 34.2 Å². The maximum absolute atomic E-state index is 11.3. The number of pyridine rings is 2. The molecule has 103 heavy (non-hydrogen) atoms. The van der Waals surface area contributed by atoms with Gasteiger partial charge >= 0.3 is 11.2 Å². The normalized spacial score (nSPS) is 11.2. The number of carbonyl (C=O) groups is 5. The van der Waals surface area contributed by atoms with Crippen molar-refractivity contribution in [3.05, 3.63) is 124 Å². The molecule has 0 saturated heterocycles. The van der Waals surface area contributed by atoms with Crippen molar-refractivity contribution in [3.63, 3.8) is 0 Å². The molecule has 5 aromatic heterocycles. The van der Waals surface area contributed by atoms with Crippen molar-refractivity contribution in [2.75, 3.05) is 30.8 Å². The topological polar surface area (TPSA) is 315 Å². The summed E-state index contributed by atoms with van der Waals surface area (Å²) in [7, 11) is 0. The van der Waals surface area contributed by atoms with Crippen molar-refractivity contribution in [3.8, 4) is 34.2 Å². The molecule has 1 aliphatic heterocycles. The minimum atomic E-state index is -3.22. The minimum absolute atomic E-state index is 0.0168. The zero-order valence-electron chi connectivity index (χ0n) is 59.6. The Hall–Kier alpha value is -5.38. The van der Waals surface area contributed by atoms with Crippen LogP contribution < -0.4 is 16.6 Å². The molecule has 0 unspecified atom stereocenters. The van der Waals surface area contributed by atoms with Crippen molar-refractivity contribution in [1.29, 1.82) is 0 Å². The Morgan fingerprint density at radius 2 is 1.12 bits per heavy atom. The number of nitrogens with zero attached hydrogens (tertiary/aromatic N) is 11. The fraction of sp³-hybridized carbons (Fsp3) is 0.485. The summed E-state index contributed by atoms with van der Waals surface area (Å²) in [6, 6.07) is 22.7. The average Bonchev–Trinajstić information content (AvgIpc) is 1.68. The summed E-state index contributed by atoms with van der Waals surface area (Å²) in [5, 5.41) is 33.2. The summed E-state index contributed by atoms with van der Waals surface area (Å²) in [6.45, 7) is 22.9. The Bertz CT molecular complexity index is 3750. The maximum atomic E-state index is 11.3. The number of ether oxygens (including phenoxy) is 1. The Labute approximate surface area is 658 Å². The van der Waals surface area contributed by atoms with Gasteiger partial charge in [-0.2, -0.15) is 15.3 Å². The molecule has 35 heteroatoms. The Balaban J connectivity index is 0.000000634. The minimum Gasteiger partial charge on any atom is -0.466 e. The predicted molar refractivity (Wildman–Crippen MR) is 425 cm³/mol. The summed E-state index contributed by atoms with van der Waals surface area (Å²) < 4.78 is 24.5. The smallest absolute Gasteiger partial charge is 0.339 e. The molecular weight excluding hydrogens is 1570 g/mol. The van der Waals surface area contributed by atoms with Crippen LogP contribution in [0.1, 0.15) is 164 Å². The van der Waals surface area contributed by atoms with E-state index in [1.54, 1.807) is 24.8 Å². The number of H-pyrrole nitrogens is 1. The molecule has 568 valence electrons. The maximum Gasteiger partial charge on any atom is 0.339 e. The molecule has 2 amide bonds. The number of alkyl halides is 3. The number of amides is 2. The summed E-state index contributed by atoms with van der Waals surface area (Å²) in [4.78, 5) is 61.3. The summed E-state index contributed by atoms with van der Waals surface area (Å²) in [5.74, 6) is 9.28. The Morgan fingerprint density at radius 1 is 0.641 bits per heavy atom. The first-order valence-corrected chi connectivity index (χ1v) is 41.8. The lowest BCUT2D eigenvalue weighted by Crippen LogP contribution is -2.35. The van der Waals surface area contributed by atoms with E-state index in [4.69, 9.17) is 96.8 Å². The van der Waals surface area contributed by atoms with Gasteiger partial charge in [0, 0.05) is 65.8 Å². The van der Waals surface area contributed by atoms with Gasteiger partial charge in [-0.05, 0) is 183 Å². The summed E-state index contributed by atoms with van der Waals surface area (Å²) in [5.41, 5.74) is 7.79. The molecule has 0 saturated carbocycles. The number of para-hydroxylation sites is 2. The standard InChI is InChI=1S/C21H21ClN6OS.C13H9ClN4S.C9H15ClN2.C9H16ClNO2.C8H16O2.C6H14N2O.C2H2Cl2O.Cl3OP/c1-3-14(4-2)20-26-24-18(29-20)13-30-21-27-25-19(15-9-11-23-12-10-15)28(21)17-8-6-5-7-16(17)22;14-10-3-1-2-4-11(10)18-12(16-17-13(18)19)9-5-7-15-8-6-9;1-3-7(4-2)9-5-8(6-10)11-12-9;1-3-7(4-2)9(13)11-6-8(12)5-10;1-4-7(5-2)8(9)10-6-3;1-3-5(4-2)6(9)8-7;3-1-2(4)5;1-5(2,3)4/h5-12,14H,3-4,13H2,1-2H3;1-8H,(H,17,19);7H,3-6H2,1-2H3;7H,3-6H2,1-2H3,(H,11,13);7H,4-6H2,1-3H3;5H,3-4,7H2,1-2H3,(H,8,9);1H2;. The van der Waals surface area contributed by atoms with Crippen LogP contribution in [0.15, 0.2) is 117 Å². The van der Waals surface area contributed by atoms with E-state index in [9.17, 15) is 28.5 Å². The molecule has 2 aromatic carbocycles. The van der Waals surface area contributed by atoms with Crippen LogP contribution >= 0.6 is 133 Å². The van der Waals surface area contributed by atoms with E-state index in [1.807, 2.05) is 130 Å². The fourth-order valence-corrected chi connectivity index (χ4v) is 10.9. The highest BCUT2D eigenvalue weighted by molar-refractivity contribution is 8.24. The molecule has 8 rings (SSSR count). The first kappa shape index (κ1) is 95.6. The quantitative estimate of drug-likeness (QED) is 0.00407. The predicted octanol–water partition coefficient (Wildman–Crippen LogP) is 19.6. The SMILES string of the molecule is CCC(CC)C(=O)NCC(=O)CCl.CCC(CC)C(=O)NN.CCC(CC)C1=NN=C(CCl)C1.CCC(CC)c1nnc(CSc2nnc(-c3ccncc3)n2-c2ccccc2Cl)o1.CCOC(=O)C(CC)CC.O=C(Cl)CCl.O=P(Cl)(Cl)Cl.S=c1[nH]nc(-c2ccncc2)n1-c1ccccc1Cl. The van der Waals surface area contributed by atoms with Gasteiger partial charge in [0.25, 0.3) is 0 Å². The molecule has 0 fully saturated rings. The second-order valence-electron chi connectivity index (χ2n) is 21.7. The highest BCUT2D eigenvalue weighted by atomic mass is 36.0. The number of Topliss-reactive ketones (excluding diaryl/α,β-unsaturated/α-hetero) is 1. The summed E-state index contributed by atoms with van der Waals surface area (Å²) >= 11 is 53.8. The molecule has 0 aliphatic carbocycles. The van der Waals surface area contributed by atoms with Crippen molar-refractivity contribution < 1.29 is 37.7 Å². The van der Waals surface area contributed by atoms with E-state index in [2.05, 4.69) is 123 Å². The number of carbonyl (C=O) groups excluding carboxylic acids is 5. The molecule has 6 heterocycles. The van der Waals surface area contributed by atoms with Crippen LogP contribution in [-0.4, -0.2) is 121 Å². The second-order valence-corrected chi connectivity index (χ2v) is 31.7. The zero-order valence-corrected chi connectivity index (χ0v) is 68.9. The molecule has 0 spiro atoms. The number of benzene rings is 2. The number of hydrogen-bond acceptors (Lipinski definition) is 20. The highest BCUT2D eigenvalue weighted by Crippen LogP contribution is 2.61. The number of halogens is 9. The van der Waals surface area contributed by atoms with E-state index in [0.29, 0.717) is 73.5 Å². The number of ketones is 1. The van der Waals surface area contributed by atoms with E-state index in [1.165, 1.54) is 17.5 Å². The van der Waals surface area contributed by atoms with Crippen LogP contribution in [0.3, 0.4) is 0 Å². The number of esters is 1. The lowest BCUT2D eigenvalue weighted by atomic mass is 9.94. The van der Waals surface area contributed by atoms with E-state index >= 15 is 0 Å². The van der Waals surface area contributed by atoms with Gasteiger partial charge in [-0.3, -0.25) is 58.2 Å². The van der Waals surface area contributed by atoms with Crippen molar-refractivity contribution in [2.24, 2.45) is 39.7 Å². The van der Waals surface area contributed by atoms with Crippen molar-refractivity contribution in [2.45, 2.75) is 164 Å². The van der Waals surface area contributed by atoms with Gasteiger partial charge in [0.2, 0.25) is 28.8 Å². The van der Waals surface area contributed by atoms with Gasteiger partial charge in [0.05, 0.1) is 69.6 Å². The average molecular weight is 1660 g/mol. The van der Waals surface area contributed by atoms with Gasteiger partial charge in [0.1, 0.15) is 0 Å². The molecule has 5 N–H and O–H groups in total. The fourth-order valence-electron chi connectivity index (χ4n) is 9.17. The zero-order chi connectivity index (χ0) is 77.5. The first-order chi connectivity index (χ1) is 49.2. The molecule has 0 radical (unpaired) electrons. The number of thioether (sulfide) groups is 1. The monoisotopic (exact) mass is 1660 g/mol. The summed E-state index contributed by atoms with van der Waals surface area (Å²) in [6.07, 6.45) is 17.1. The second kappa shape index (κ2) is 55.1. The van der Waals surface area contributed by atoms with E-state index in [-0.39, 0.29) is 59.6 Å². The molecule has 7 aromatic rings. The van der Waals surface area contributed by atoms with Crippen molar-refractivity contribution >= 4 is 173 Å². The number of aromatic amines is 1. The third kappa shape index (κ3) is 36.7. The number of nitrogens with two attached hydrogens (primary N) is 1. The van der Waals surface area contributed by atoms with Crippen molar-refractivity contribution in [1.82, 2.24) is 60.4 Å². The van der Waals surface area contributed by atoms with Gasteiger partial charge in [0.15, 0.2) is 27.4 Å². The number of hydrazine groups is 1. The highest BCUT2D eigenvalue weighted by Gasteiger charge is 2.23. The molecule has 23 nitrogen and oxygen atoms in total. The van der Waals surface area contributed by atoms with Gasteiger partial charge < -0.3 is 14.5 Å². The lowest BCUT2D eigenvalue weighted by molar-refractivity contribution is -0.148. The molecular formula is C68H93Cl9N15O8PS2.